The fraction of sp³-hybridized carbons (Fsp3) is 0.458. The number of likely N-dealkylation sites (tertiary alicyclic amines) is 1. The molecule has 1 aromatic carbocycles. The lowest BCUT2D eigenvalue weighted by atomic mass is 9.73. The second-order valence-corrected chi connectivity index (χ2v) is 8.72. The number of hydrogen-bond acceptors (Lipinski definition) is 3. The predicted octanol–water partition coefficient (Wildman–Crippen LogP) is 3.66. The molecule has 1 N–H and O–H groups in total. The van der Waals surface area contributed by atoms with E-state index in [1.54, 1.807) is 24.5 Å². The molecule has 29 heavy (non-hydrogen) atoms. The molecule has 2 heterocycles. The van der Waals surface area contributed by atoms with Crippen molar-refractivity contribution in [2.75, 3.05) is 13.1 Å². The van der Waals surface area contributed by atoms with Crippen LogP contribution in [0.2, 0.25) is 0 Å². The molecular weight excluding hydrogens is 362 g/mol. The lowest BCUT2D eigenvalue weighted by Crippen LogP contribution is -2.44. The van der Waals surface area contributed by atoms with E-state index in [-0.39, 0.29) is 29.2 Å². The van der Waals surface area contributed by atoms with Crippen molar-refractivity contribution < 1.29 is 9.59 Å². The number of piperidine rings is 1. The zero-order chi connectivity index (χ0) is 20.4. The summed E-state index contributed by atoms with van der Waals surface area (Å²) in [6, 6.07) is 12.3. The van der Waals surface area contributed by atoms with Gasteiger partial charge in [0.2, 0.25) is 5.91 Å². The maximum atomic E-state index is 12.8. The van der Waals surface area contributed by atoms with Gasteiger partial charge in [0.1, 0.15) is 0 Å². The molecule has 1 saturated heterocycles. The Labute approximate surface area is 172 Å². The van der Waals surface area contributed by atoms with E-state index in [0.29, 0.717) is 12.0 Å². The predicted molar refractivity (Wildman–Crippen MR) is 113 cm³/mol. The van der Waals surface area contributed by atoms with Gasteiger partial charge in [0.15, 0.2) is 0 Å². The molecule has 1 spiro atoms. The molecule has 1 aliphatic carbocycles. The average Bonchev–Trinajstić information content (AvgIpc) is 3.01. The molecular formula is C24H29N3O2. The minimum absolute atomic E-state index is 0.0778. The van der Waals surface area contributed by atoms with Gasteiger partial charge in [-0.3, -0.25) is 14.6 Å². The molecule has 2 aliphatic rings. The molecule has 0 radical (unpaired) electrons. The topological polar surface area (TPSA) is 62.3 Å². The van der Waals surface area contributed by atoms with E-state index in [0.717, 1.165) is 32.4 Å². The third-order valence-corrected chi connectivity index (χ3v) is 6.43. The van der Waals surface area contributed by atoms with Crippen LogP contribution in [-0.2, 0) is 10.2 Å². The van der Waals surface area contributed by atoms with Crippen LogP contribution in [0.4, 0.5) is 0 Å². The zero-order valence-electron chi connectivity index (χ0n) is 17.2. The van der Waals surface area contributed by atoms with Crippen molar-refractivity contribution in [3.05, 3.63) is 65.5 Å². The molecule has 1 aliphatic heterocycles. The summed E-state index contributed by atoms with van der Waals surface area (Å²) in [4.78, 5) is 31.2. The van der Waals surface area contributed by atoms with Crippen molar-refractivity contribution in [1.82, 2.24) is 15.2 Å². The van der Waals surface area contributed by atoms with Gasteiger partial charge >= 0.3 is 0 Å². The van der Waals surface area contributed by atoms with Crippen molar-refractivity contribution in [3.8, 4) is 0 Å². The van der Waals surface area contributed by atoms with Crippen molar-refractivity contribution in [2.24, 2.45) is 0 Å². The maximum Gasteiger partial charge on any atom is 0.253 e. The van der Waals surface area contributed by atoms with E-state index in [9.17, 15) is 9.59 Å². The molecule has 1 fully saturated rings. The summed E-state index contributed by atoms with van der Waals surface area (Å²) in [5.74, 6) is 0.468. The van der Waals surface area contributed by atoms with Crippen molar-refractivity contribution in [1.29, 1.82) is 0 Å². The van der Waals surface area contributed by atoms with Gasteiger partial charge in [0.05, 0.1) is 0 Å². The Morgan fingerprint density at radius 3 is 2.52 bits per heavy atom. The highest BCUT2D eigenvalue weighted by Gasteiger charge is 2.46. The Hall–Kier alpha value is -2.69. The fourth-order valence-corrected chi connectivity index (χ4v) is 5.10. The zero-order valence-corrected chi connectivity index (χ0v) is 17.2. The summed E-state index contributed by atoms with van der Waals surface area (Å²) in [6.45, 7) is 5.50. The standard InChI is InChI=1S/C24H29N3O2/c1-17(2)26-22(28)15-19-16-24(21-6-4-3-5-20(19)21)9-13-27(14-10-24)23(29)18-7-11-25-12-8-18/h3-8,11-12,17,19H,9-10,13-16H2,1-2H3,(H,26,28)/t19-/m0/s1. The van der Waals surface area contributed by atoms with Gasteiger partial charge in [-0.1, -0.05) is 24.3 Å². The molecule has 152 valence electrons. The van der Waals surface area contributed by atoms with Crippen LogP contribution in [-0.4, -0.2) is 40.8 Å². The highest BCUT2D eigenvalue weighted by molar-refractivity contribution is 5.94. The molecule has 2 aromatic rings. The minimum atomic E-state index is 0.0778. The van der Waals surface area contributed by atoms with Gasteiger partial charge in [-0.25, -0.2) is 0 Å². The van der Waals surface area contributed by atoms with Crippen LogP contribution >= 0.6 is 0 Å². The second-order valence-electron chi connectivity index (χ2n) is 8.72. The third-order valence-electron chi connectivity index (χ3n) is 6.43. The van der Waals surface area contributed by atoms with Crippen LogP contribution in [0.1, 0.15) is 66.9 Å². The summed E-state index contributed by atoms with van der Waals surface area (Å²) in [6.07, 6.45) is 6.76. The largest absolute Gasteiger partial charge is 0.354 e. The molecule has 0 saturated carbocycles. The van der Waals surface area contributed by atoms with Crippen molar-refractivity contribution >= 4 is 11.8 Å². The van der Waals surface area contributed by atoms with Gasteiger partial charge in [-0.2, -0.15) is 0 Å². The Bertz CT molecular complexity index is 886. The summed E-state index contributed by atoms with van der Waals surface area (Å²) in [7, 11) is 0. The van der Waals surface area contributed by atoms with Gasteiger partial charge in [0, 0.05) is 43.5 Å². The molecule has 5 heteroatoms. The van der Waals surface area contributed by atoms with Gasteiger partial charge in [-0.15, -0.1) is 0 Å². The smallest absolute Gasteiger partial charge is 0.253 e. The van der Waals surface area contributed by atoms with E-state index in [2.05, 4.69) is 34.6 Å². The van der Waals surface area contributed by atoms with E-state index in [1.165, 1.54) is 11.1 Å². The first-order valence-corrected chi connectivity index (χ1v) is 10.6. The lowest BCUT2D eigenvalue weighted by molar-refractivity contribution is -0.122. The quantitative estimate of drug-likeness (QED) is 0.865. The SMILES string of the molecule is CC(C)NC(=O)C[C@H]1CC2(CCN(C(=O)c3ccncc3)CC2)c2ccccc21. The van der Waals surface area contributed by atoms with Gasteiger partial charge < -0.3 is 10.2 Å². The Morgan fingerprint density at radius 2 is 1.83 bits per heavy atom. The van der Waals surface area contributed by atoms with Gasteiger partial charge in [-0.05, 0) is 67.7 Å². The number of carbonyl (C=O) groups is 2. The number of amides is 2. The first kappa shape index (κ1) is 19.6. The minimum Gasteiger partial charge on any atom is -0.354 e. The molecule has 1 aromatic heterocycles. The van der Waals surface area contributed by atoms with Crippen LogP contribution in [0.5, 0.6) is 0 Å². The van der Waals surface area contributed by atoms with Crippen LogP contribution in [0.3, 0.4) is 0 Å². The number of pyridine rings is 1. The molecule has 1 atom stereocenters. The summed E-state index contributed by atoms with van der Waals surface area (Å²) >= 11 is 0. The molecule has 0 bridgehead atoms. The lowest BCUT2D eigenvalue weighted by Gasteiger charge is -2.40. The van der Waals surface area contributed by atoms with E-state index in [4.69, 9.17) is 0 Å². The normalized spacial score (nSPS) is 20.0. The third kappa shape index (κ3) is 3.91. The molecule has 4 rings (SSSR count). The van der Waals surface area contributed by atoms with Crippen LogP contribution in [0, 0.1) is 0 Å². The number of carbonyl (C=O) groups excluding carboxylic acids is 2. The Morgan fingerprint density at radius 1 is 1.14 bits per heavy atom. The first-order chi connectivity index (χ1) is 14.0. The van der Waals surface area contributed by atoms with Crippen LogP contribution < -0.4 is 5.32 Å². The highest BCUT2D eigenvalue weighted by atomic mass is 16.2. The van der Waals surface area contributed by atoms with E-state index < -0.39 is 0 Å². The monoisotopic (exact) mass is 391 g/mol. The Kier molecular flexibility index (Phi) is 5.39. The number of aromatic nitrogens is 1. The number of rotatable bonds is 4. The number of fused-ring (bicyclic) bond motifs is 2. The number of nitrogens with zero attached hydrogens (tertiary/aromatic N) is 2. The van der Waals surface area contributed by atoms with Gasteiger partial charge in [0.25, 0.3) is 5.91 Å². The van der Waals surface area contributed by atoms with E-state index in [1.807, 2.05) is 18.7 Å². The molecule has 0 unspecified atom stereocenters. The summed E-state index contributed by atoms with van der Waals surface area (Å²) in [5.41, 5.74) is 3.48. The molecule has 2 amide bonds. The maximum absolute atomic E-state index is 12.8. The number of benzene rings is 1. The average molecular weight is 392 g/mol. The Balaban J connectivity index is 1.49. The molecule has 5 nitrogen and oxygen atoms in total. The summed E-state index contributed by atoms with van der Waals surface area (Å²) in [5, 5.41) is 3.04. The number of hydrogen-bond donors (Lipinski definition) is 1. The van der Waals surface area contributed by atoms with Crippen molar-refractivity contribution in [2.45, 2.75) is 56.9 Å². The van der Waals surface area contributed by atoms with Crippen LogP contribution in [0.25, 0.3) is 0 Å². The highest BCUT2D eigenvalue weighted by Crippen LogP contribution is 2.52. The fourth-order valence-electron chi connectivity index (χ4n) is 5.10. The van der Waals surface area contributed by atoms with E-state index >= 15 is 0 Å². The number of nitrogens with one attached hydrogen (secondary N) is 1. The van der Waals surface area contributed by atoms with Crippen LogP contribution in [0.15, 0.2) is 48.8 Å². The van der Waals surface area contributed by atoms with Crippen molar-refractivity contribution in [3.63, 3.8) is 0 Å². The first-order valence-electron chi connectivity index (χ1n) is 10.6. The second kappa shape index (κ2) is 7.97. The summed E-state index contributed by atoms with van der Waals surface area (Å²) < 4.78 is 0.